The Bertz CT molecular complexity index is 985. The Morgan fingerprint density at radius 1 is 1.15 bits per heavy atom. The molecule has 1 atom stereocenters. The summed E-state index contributed by atoms with van der Waals surface area (Å²) in [6, 6.07) is 8.74. The predicted molar refractivity (Wildman–Crippen MR) is 107 cm³/mol. The molecular weight excluding hydrogens is 388 g/mol. The highest BCUT2D eigenvalue weighted by Crippen LogP contribution is 2.56. The number of fused-ring (bicyclic) bond motifs is 2. The van der Waals surface area contributed by atoms with Crippen LogP contribution < -0.4 is 0 Å². The van der Waals surface area contributed by atoms with Crippen molar-refractivity contribution in [2.45, 2.75) is 33.1 Å². The average Bonchev–Trinajstić information content (AvgIpc) is 3.31. The highest BCUT2D eigenvalue weighted by molar-refractivity contribution is 9.12. The zero-order valence-corrected chi connectivity index (χ0v) is 16.8. The van der Waals surface area contributed by atoms with E-state index in [1.807, 2.05) is 0 Å². The first-order valence-corrected chi connectivity index (χ1v) is 9.86. The molecule has 1 heterocycles. The molecular formula is C23H21BrO2. The maximum Gasteiger partial charge on any atom is 0.230 e. The third-order valence-electron chi connectivity index (χ3n) is 6.07. The van der Waals surface area contributed by atoms with Crippen LogP contribution in [0.25, 0.3) is 6.08 Å². The van der Waals surface area contributed by atoms with Crippen molar-refractivity contribution in [1.29, 1.82) is 0 Å². The molecule has 1 aliphatic heterocycles. The van der Waals surface area contributed by atoms with E-state index in [4.69, 9.17) is 9.47 Å². The zero-order valence-electron chi connectivity index (χ0n) is 15.2. The van der Waals surface area contributed by atoms with Crippen molar-refractivity contribution < 1.29 is 9.47 Å². The Morgan fingerprint density at radius 2 is 1.96 bits per heavy atom. The molecule has 0 saturated carbocycles. The first-order chi connectivity index (χ1) is 12.5. The standard InChI is InChI=1S/C23H21BrO2/c1-13-10-17-16(11-19-22(21(17)24)26-12-25-19)20(13)23(2,3)18-9-8-14-6-4-5-7-15(14)18/h4-10,18H,11-12H2,1-3H3. The summed E-state index contributed by atoms with van der Waals surface area (Å²) in [7, 11) is 0. The molecule has 0 fully saturated rings. The lowest BCUT2D eigenvalue weighted by atomic mass is 9.68. The lowest BCUT2D eigenvalue weighted by Crippen LogP contribution is -2.24. The van der Waals surface area contributed by atoms with Crippen molar-refractivity contribution in [3.05, 3.63) is 85.8 Å². The SMILES string of the molecule is CC1=CC2=C(Br)C3=C(CC2=C1C(C)(C)C1C=Cc2ccccc21)OCO3. The van der Waals surface area contributed by atoms with Gasteiger partial charge in [-0.05, 0) is 56.3 Å². The number of allylic oxidation sites excluding steroid dienone is 7. The van der Waals surface area contributed by atoms with Gasteiger partial charge in [-0.25, -0.2) is 0 Å². The van der Waals surface area contributed by atoms with E-state index in [1.165, 1.54) is 33.4 Å². The summed E-state index contributed by atoms with van der Waals surface area (Å²) in [5, 5.41) is 0. The highest BCUT2D eigenvalue weighted by atomic mass is 79.9. The van der Waals surface area contributed by atoms with Crippen molar-refractivity contribution in [2.24, 2.45) is 5.41 Å². The van der Waals surface area contributed by atoms with Crippen molar-refractivity contribution in [1.82, 2.24) is 0 Å². The molecule has 4 aliphatic rings. The highest BCUT2D eigenvalue weighted by Gasteiger charge is 2.42. The number of hydrogen-bond donors (Lipinski definition) is 0. The van der Waals surface area contributed by atoms with Gasteiger partial charge in [0.2, 0.25) is 6.79 Å². The normalized spacial score (nSPS) is 23.7. The molecule has 132 valence electrons. The van der Waals surface area contributed by atoms with Gasteiger partial charge < -0.3 is 9.47 Å². The molecule has 5 rings (SSSR count). The molecule has 3 aliphatic carbocycles. The molecule has 0 radical (unpaired) electrons. The summed E-state index contributed by atoms with van der Waals surface area (Å²) >= 11 is 3.76. The molecule has 1 aromatic rings. The second kappa shape index (κ2) is 5.50. The number of ether oxygens (including phenoxy) is 2. The third-order valence-corrected chi connectivity index (χ3v) is 6.85. The third kappa shape index (κ3) is 2.10. The molecule has 0 N–H and O–H groups in total. The molecule has 0 spiro atoms. The second-order valence-electron chi connectivity index (χ2n) is 7.93. The maximum absolute atomic E-state index is 5.74. The quantitative estimate of drug-likeness (QED) is 0.567. The summed E-state index contributed by atoms with van der Waals surface area (Å²) < 4.78 is 12.4. The lowest BCUT2D eigenvalue weighted by molar-refractivity contribution is 0.0733. The summed E-state index contributed by atoms with van der Waals surface area (Å²) in [5.41, 5.74) is 8.17. The van der Waals surface area contributed by atoms with Gasteiger partial charge in [0.05, 0.1) is 4.48 Å². The number of halogens is 1. The van der Waals surface area contributed by atoms with Crippen molar-refractivity contribution in [3.8, 4) is 0 Å². The van der Waals surface area contributed by atoms with E-state index in [1.54, 1.807) is 0 Å². The van der Waals surface area contributed by atoms with Crippen LogP contribution in [-0.4, -0.2) is 6.79 Å². The molecule has 0 saturated heterocycles. The summed E-state index contributed by atoms with van der Waals surface area (Å²) in [6.45, 7) is 7.29. The van der Waals surface area contributed by atoms with Gasteiger partial charge in [-0.3, -0.25) is 0 Å². The fourth-order valence-corrected chi connectivity index (χ4v) is 5.65. The van der Waals surface area contributed by atoms with E-state index >= 15 is 0 Å². The largest absolute Gasteiger partial charge is 0.458 e. The molecule has 1 unspecified atom stereocenters. The molecule has 0 aromatic heterocycles. The van der Waals surface area contributed by atoms with Crippen LogP contribution in [0.1, 0.15) is 44.2 Å². The van der Waals surface area contributed by atoms with Gasteiger partial charge in [-0.2, -0.15) is 0 Å². The smallest absolute Gasteiger partial charge is 0.230 e. The van der Waals surface area contributed by atoms with Gasteiger partial charge in [0, 0.05) is 17.8 Å². The van der Waals surface area contributed by atoms with Crippen LogP contribution in [0.4, 0.5) is 0 Å². The van der Waals surface area contributed by atoms with Crippen LogP contribution in [0.3, 0.4) is 0 Å². The first kappa shape index (κ1) is 16.2. The van der Waals surface area contributed by atoms with Crippen molar-refractivity contribution in [2.75, 3.05) is 6.79 Å². The van der Waals surface area contributed by atoms with Gasteiger partial charge in [0.1, 0.15) is 5.76 Å². The molecule has 1 aromatic carbocycles. The van der Waals surface area contributed by atoms with Gasteiger partial charge >= 0.3 is 0 Å². The second-order valence-corrected chi connectivity index (χ2v) is 8.72. The van der Waals surface area contributed by atoms with E-state index in [0.29, 0.717) is 12.7 Å². The van der Waals surface area contributed by atoms with Gasteiger partial charge in [0.25, 0.3) is 0 Å². The molecule has 3 heteroatoms. The monoisotopic (exact) mass is 408 g/mol. The summed E-state index contributed by atoms with van der Waals surface area (Å²) in [4.78, 5) is 0. The lowest BCUT2D eigenvalue weighted by Gasteiger charge is -2.36. The van der Waals surface area contributed by atoms with Crippen molar-refractivity contribution >= 4 is 22.0 Å². The Labute approximate surface area is 162 Å². The average molecular weight is 409 g/mol. The van der Waals surface area contributed by atoms with Gasteiger partial charge in [-0.15, -0.1) is 0 Å². The number of rotatable bonds is 2. The topological polar surface area (TPSA) is 18.5 Å². The van der Waals surface area contributed by atoms with E-state index < -0.39 is 0 Å². The number of benzene rings is 1. The van der Waals surface area contributed by atoms with Crippen molar-refractivity contribution in [3.63, 3.8) is 0 Å². The number of hydrogen-bond acceptors (Lipinski definition) is 2. The van der Waals surface area contributed by atoms with E-state index in [9.17, 15) is 0 Å². The Kier molecular flexibility index (Phi) is 3.42. The predicted octanol–water partition coefficient (Wildman–Crippen LogP) is 6.35. The van der Waals surface area contributed by atoms with Crippen LogP contribution in [0.5, 0.6) is 0 Å². The summed E-state index contributed by atoms with van der Waals surface area (Å²) in [5.74, 6) is 2.20. The molecule has 26 heavy (non-hydrogen) atoms. The maximum atomic E-state index is 5.74. The minimum absolute atomic E-state index is 0.00836. The van der Waals surface area contributed by atoms with E-state index in [2.05, 4.69) is 79.2 Å². The van der Waals surface area contributed by atoms with Crippen LogP contribution >= 0.6 is 15.9 Å². The Hall–Kier alpha value is -2.00. The fraction of sp³-hybridized carbons (Fsp3) is 0.304. The van der Waals surface area contributed by atoms with Crippen LogP contribution in [-0.2, 0) is 9.47 Å². The molecule has 2 nitrogen and oxygen atoms in total. The summed E-state index contributed by atoms with van der Waals surface area (Å²) in [6.07, 6.45) is 7.74. The minimum atomic E-state index is -0.00836. The van der Waals surface area contributed by atoms with Crippen LogP contribution in [0.2, 0.25) is 0 Å². The zero-order chi connectivity index (χ0) is 18.1. The molecule has 0 amide bonds. The first-order valence-electron chi connectivity index (χ1n) is 9.07. The Balaban J connectivity index is 1.64. The fourth-order valence-electron chi connectivity index (χ4n) is 4.96. The van der Waals surface area contributed by atoms with Crippen LogP contribution in [0, 0.1) is 5.41 Å². The molecule has 0 bridgehead atoms. The Morgan fingerprint density at radius 3 is 2.81 bits per heavy atom. The van der Waals surface area contributed by atoms with E-state index in [0.717, 1.165) is 22.4 Å². The van der Waals surface area contributed by atoms with Crippen LogP contribution in [0.15, 0.2) is 74.7 Å². The van der Waals surface area contributed by atoms with E-state index in [-0.39, 0.29) is 5.41 Å². The van der Waals surface area contributed by atoms with Gasteiger partial charge in [0.15, 0.2) is 5.76 Å². The van der Waals surface area contributed by atoms with Gasteiger partial charge in [-0.1, -0.05) is 56.3 Å². The minimum Gasteiger partial charge on any atom is -0.458 e.